The molecule has 154 valence electrons. The molecule has 0 radical (unpaired) electrons. The largest absolute Gasteiger partial charge is 0.466 e. The van der Waals surface area contributed by atoms with Gasteiger partial charge >= 0.3 is 11.9 Å². The highest BCUT2D eigenvalue weighted by atomic mass is 35.5. The van der Waals surface area contributed by atoms with Crippen molar-refractivity contribution < 1.29 is 28.7 Å². The molecule has 0 aliphatic rings. The number of esters is 2. The molecule has 2 N–H and O–H groups in total. The Hall–Kier alpha value is -2.39. The first kappa shape index (κ1) is 23.6. The molecule has 1 heterocycles. The molecule has 2 amide bonds. The fourth-order valence-electron chi connectivity index (χ4n) is 2.08. The van der Waals surface area contributed by atoms with Gasteiger partial charge in [-0.05, 0) is 26.3 Å². The van der Waals surface area contributed by atoms with Crippen molar-refractivity contribution in [2.75, 3.05) is 24.4 Å². The van der Waals surface area contributed by atoms with E-state index in [1.807, 2.05) is 0 Å². The number of nitrogens with zero attached hydrogens (tertiary/aromatic N) is 1. The van der Waals surface area contributed by atoms with Crippen LogP contribution < -0.4 is 10.6 Å². The zero-order valence-corrected chi connectivity index (χ0v) is 16.9. The van der Waals surface area contributed by atoms with E-state index in [2.05, 4.69) is 15.6 Å². The molecule has 1 aromatic heterocycles. The van der Waals surface area contributed by atoms with Crippen LogP contribution in [0.5, 0.6) is 0 Å². The molecule has 0 aliphatic heterocycles. The van der Waals surface area contributed by atoms with Gasteiger partial charge in [-0.2, -0.15) is 0 Å². The Morgan fingerprint density at radius 2 is 1.86 bits per heavy atom. The normalized spacial score (nSPS) is 11.3. The molecular weight excluding hydrogens is 413 g/mol. The summed E-state index contributed by atoms with van der Waals surface area (Å²) in [5, 5.41) is 4.85. The van der Waals surface area contributed by atoms with Crippen molar-refractivity contribution in [3.63, 3.8) is 0 Å². The van der Waals surface area contributed by atoms with Crippen molar-refractivity contribution >= 4 is 52.6 Å². The second-order valence-electron chi connectivity index (χ2n) is 5.36. The smallest absolute Gasteiger partial charge is 0.328 e. The highest BCUT2D eigenvalue weighted by molar-refractivity contribution is 6.34. The van der Waals surface area contributed by atoms with Gasteiger partial charge in [0.15, 0.2) is 0 Å². The van der Waals surface area contributed by atoms with E-state index in [-0.39, 0.29) is 48.3 Å². The number of carbonyl (C=O) groups is 4. The van der Waals surface area contributed by atoms with Crippen molar-refractivity contribution in [3.8, 4) is 0 Å². The van der Waals surface area contributed by atoms with Crippen LogP contribution in [-0.2, 0) is 23.9 Å². The Bertz CT molecular complexity index is 729. The third kappa shape index (κ3) is 7.69. The van der Waals surface area contributed by atoms with Gasteiger partial charge in [0, 0.05) is 6.42 Å². The number of rotatable bonds is 10. The van der Waals surface area contributed by atoms with E-state index >= 15 is 0 Å². The van der Waals surface area contributed by atoms with E-state index < -0.39 is 29.8 Å². The topological polar surface area (TPSA) is 124 Å². The summed E-state index contributed by atoms with van der Waals surface area (Å²) in [7, 11) is 0. The Morgan fingerprint density at radius 1 is 1.18 bits per heavy atom. The van der Waals surface area contributed by atoms with Crippen LogP contribution in [0.25, 0.3) is 0 Å². The van der Waals surface area contributed by atoms with E-state index in [0.717, 1.165) is 0 Å². The second kappa shape index (κ2) is 12.1. The number of ether oxygens (including phenoxy) is 2. The molecule has 1 atom stereocenters. The van der Waals surface area contributed by atoms with E-state index in [1.54, 1.807) is 13.8 Å². The maximum atomic E-state index is 12.5. The molecule has 9 nitrogen and oxygen atoms in total. The fourth-order valence-corrected chi connectivity index (χ4v) is 2.40. The van der Waals surface area contributed by atoms with Crippen LogP contribution in [0.4, 0.5) is 5.69 Å². The van der Waals surface area contributed by atoms with Crippen molar-refractivity contribution in [1.82, 2.24) is 10.3 Å². The molecule has 0 unspecified atom stereocenters. The molecular formula is C17H21Cl2N3O6. The predicted molar refractivity (Wildman–Crippen MR) is 102 cm³/mol. The second-order valence-corrected chi connectivity index (χ2v) is 6.03. The highest BCUT2D eigenvalue weighted by Gasteiger charge is 2.25. The van der Waals surface area contributed by atoms with E-state index in [1.165, 1.54) is 12.3 Å². The van der Waals surface area contributed by atoms with Crippen molar-refractivity contribution in [2.24, 2.45) is 0 Å². The Labute approximate surface area is 172 Å². The van der Waals surface area contributed by atoms with Gasteiger partial charge in [0.25, 0.3) is 5.91 Å². The molecule has 11 heteroatoms. The molecule has 1 rings (SSSR count). The molecule has 0 aliphatic carbocycles. The third-order valence-electron chi connectivity index (χ3n) is 3.28. The molecule has 0 saturated heterocycles. The molecule has 0 aromatic carbocycles. The van der Waals surface area contributed by atoms with Gasteiger partial charge < -0.3 is 20.1 Å². The lowest BCUT2D eigenvalue weighted by Gasteiger charge is -2.17. The summed E-state index contributed by atoms with van der Waals surface area (Å²) >= 11 is 11.4. The maximum absolute atomic E-state index is 12.5. The van der Waals surface area contributed by atoms with Crippen molar-refractivity contribution in [3.05, 3.63) is 23.0 Å². The van der Waals surface area contributed by atoms with Crippen LogP contribution in [-0.4, -0.2) is 53.9 Å². The molecule has 1 aromatic rings. The number of aromatic nitrogens is 1. The summed E-state index contributed by atoms with van der Waals surface area (Å²) in [6.07, 6.45) is 1.14. The summed E-state index contributed by atoms with van der Waals surface area (Å²) in [5.74, 6) is -2.63. The van der Waals surface area contributed by atoms with Gasteiger partial charge in [0.2, 0.25) is 5.91 Å². The third-order valence-corrected chi connectivity index (χ3v) is 3.81. The van der Waals surface area contributed by atoms with Crippen molar-refractivity contribution in [2.45, 2.75) is 32.7 Å². The SMILES string of the molecule is CCOC(=O)CC[C@H](NC(=O)c1ncc(NC(=O)CCl)cc1Cl)C(=O)OCC. The lowest BCUT2D eigenvalue weighted by molar-refractivity contribution is -0.146. The van der Waals surface area contributed by atoms with Gasteiger partial charge in [-0.1, -0.05) is 11.6 Å². The summed E-state index contributed by atoms with van der Waals surface area (Å²) in [6.45, 7) is 3.60. The lowest BCUT2D eigenvalue weighted by atomic mass is 10.1. The first-order chi connectivity index (χ1) is 13.3. The number of carbonyl (C=O) groups excluding carboxylic acids is 4. The van der Waals surface area contributed by atoms with Crippen LogP contribution in [0.2, 0.25) is 5.02 Å². The minimum atomic E-state index is -1.08. The Kier molecular flexibility index (Phi) is 10.3. The predicted octanol–water partition coefficient (Wildman–Crippen LogP) is 1.92. The van der Waals surface area contributed by atoms with Crippen LogP contribution in [0.3, 0.4) is 0 Å². The fraction of sp³-hybridized carbons (Fsp3) is 0.471. The number of halogens is 2. The minimum absolute atomic E-state index is 0.00904. The van der Waals surface area contributed by atoms with Crippen molar-refractivity contribution in [1.29, 1.82) is 0 Å². The first-order valence-corrected chi connectivity index (χ1v) is 9.38. The zero-order chi connectivity index (χ0) is 21.1. The number of hydrogen-bond acceptors (Lipinski definition) is 7. The quantitative estimate of drug-likeness (QED) is 0.426. The molecule has 0 saturated carbocycles. The maximum Gasteiger partial charge on any atom is 0.328 e. The van der Waals surface area contributed by atoms with Crippen LogP contribution in [0.1, 0.15) is 37.2 Å². The van der Waals surface area contributed by atoms with E-state index in [9.17, 15) is 19.2 Å². The molecule has 28 heavy (non-hydrogen) atoms. The van der Waals surface area contributed by atoms with Crippen LogP contribution in [0, 0.1) is 0 Å². The molecule has 0 bridgehead atoms. The monoisotopic (exact) mass is 433 g/mol. The molecule has 0 spiro atoms. The zero-order valence-electron chi connectivity index (χ0n) is 15.4. The first-order valence-electron chi connectivity index (χ1n) is 8.46. The highest BCUT2D eigenvalue weighted by Crippen LogP contribution is 2.19. The number of anilines is 1. The van der Waals surface area contributed by atoms with Gasteiger partial charge in [0.05, 0.1) is 30.1 Å². The summed E-state index contributed by atoms with van der Waals surface area (Å²) in [6, 6.07) is 0.247. The average molecular weight is 434 g/mol. The van der Waals surface area contributed by atoms with E-state index in [0.29, 0.717) is 0 Å². The number of amides is 2. The summed E-state index contributed by atoms with van der Waals surface area (Å²) in [4.78, 5) is 51.2. The minimum Gasteiger partial charge on any atom is -0.466 e. The van der Waals surface area contributed by atoms with Gasteiger partial charge in [0.1, 0.15) is 17.6 Å². The average Bonchev–Trinajstić information content (AvgIpc) is 2.65. The Balaban J connectivity index is 2.86. The lowest BCUT2D eigenvalue weighted by Crippen LogP contribution is -2.42. The van der Waals surface area contributed by atoms with E-state index in [4.69, 9.17) is 32.7 Å². The number of alkyl halides is 1. The van der Waals surface area contributed by atoms with Gasteiger partial charge in [-0.3, -0.25) is 14.4 Å². The Morgan fingerprint density at radius 3 is 2.43 bits per heavy atom. The number of nitrogens with one attached hydrogen (secondary N) is 2. The van der Waals surface area contributed by atoms with Crippen LogP contribution >= 0.6 is 23.2 Å². The standard InChI is InChI=1S/C17H21Cl2N3O6/c1-3-27-14(24)6-5-12(17(26)28-4-2)22-16(25)15-11(19)7-10(9-20-15)21-13(23)8-18/h7,9,12H,3-6,8H2,1-2H3,(H,21,23)(H,22,25)/t12-/m0/s1. The summed E-state index contributed by atoms with van der Waals surface area (Å²) < 4.78 is 9.73. The number of hydrogen-bond donors (Lipinski definition) is 2. The number of pyridine rings is 1. The van der Waals surface area contributed by atoms with Gasteiger partial charge in [-0.15, -0.1) is 11.6 Å². The van der Waals surface area contributed by atoms with Crippen LogP contribution in [0.15, 0.2) is 12.3 Å². The van der Waals surface area contributed by atoms with Gasteiger partial charge in [-0.25, -0.2) is 9.78 Å². The molecule has 0 fully saturated rings. The summed E-state index contributed by atoms with van der Waals surface area (Å²) in [5.41, 5.74) is 0.104.